The minimum Gasteiger partial charge on any atom is -0.369 e. The van der Waals surface area contributed by atoms with Crippen LogP contribution in [0.3, 0.4) is 0 Å². The standard InChI is InChI=1S/C14H16ClFN4O/c15-14-18-8-11(13(20-14)17-5-1-4-16)3-2-10-6-12(7-10)19-9-21/h8-10,12H,1,4-7H2,(H,19,21)(H,17,18,20). The number of aromatic nitrogens is 2. The molecule has 0 radical (unpaired) electrons. The van der Waals surface area contributed by atoms with Crippen LogP contribution in [0.4, 0.5) is 10.2 Å². The number of nitrogens with one attached hydrogen (secondary N) is 2. The average Bonchev–Trinajstić information content (AvgIpc) is 2.43. The van der Waals surface area contributed by atoms with Crippen molar-refractivity contribution in [2.24, 2.45) is 5.92 Å². The molecule has 2 N–H and O–H groups in total. The first-order chi connectivity index (χ1) is 10.2. The first-order valence-corrected chi connectivity index (χ1v) is 7.14. The van der Waals surface area contributed by atoms with Crippen LogP contribution in [0.1, 0.15) is 24.8 Å². The molecule has 1 aromatic heterocycles. The van der Waals surface area contributed by atoms with Crippen LogP contribution in [-0.4, -0.2) is 35.6 Å². The lowest BCUT2D eigenvalue weighted by atomic mass is 9.81. The van der Waals surface area contributed by atoms with Gasteiger partial charge < -0.3 is 10.6 Å². The van der Waals surface area contributed by atoms with Gasteiger partial charge in [0.2, 0.25) is 11.7 Å². The van der Waals surface area contributed by atoms with E-state index in [0.717, 1.165) is 12.8 Å². The Kier molecular flexibility index (Phi) is 5.76. The molecule has 7 heteroatoms. The molecule has 0 aliphatic heterocycles. The monoisotopic (exact) mass is 310 g/mol. The molecular formula is C14H16ClFN4O. The number of amides is 1. The minimum absolute atomic E-state index is 0.127. The molecule has 0 bridgehead atoms. The number of hydrogen-bond acceptors (Lipinski definition) is 4. The highest BCUT2D eigenvalue weighted by atomic mass is 35.5. The summed E-state index contributed by atoms with van der Waals surface area (Å²) in [6.07, 6.45) is 4.37. The Balaban J connectivity index is 1.98. The summed E-state index contributed by atoms with van der Waals surface area (Å²) in [5.41, 5.74) is 0.644. The molecule has 21 heavy (non-hydrogen) atoms. The highest BCUT2D eigenvalue weighted by molar-refractivity contribution is 6.28. The van der Waals surface area contributed by atoms with Gasteiger partial charge in [0.1, 0.15) is 5.82 Å². The average molecular weight is 311 g/mol. The Bertz CT molecular complexity index is 552. The van der Waals surface area contributed by atoms with E-state index in [2.05, 4.69) is 32.4 Å². The van der Waals surface area contributed by atoms with E-state index in [4.69, 9.17) is 11.6 Å². The molecule has 0 unspecified atom stereocenters. The van der Waals surface area contributed by atoms with Gasteiger partial charge in [-0.05, 0) is 30.9 Å². The smallest absolute Gasteiger partial charge is 0.224 e. The van der Waals surface area contributed by atoms with Crippen LogP contribution in [0, 0.1) is 17.8 Å². The van der Waals surface area contributed by atoms with Gasteiger partial charge in [-0.15, -0.1) is 0 Å². The largest absolute Gasteiger partial charge is 0.369 e. The van der Waals surface area contributed by atoms with Crippen molar-refractivity contribution in [2.45, 2.75) is 25.3 Å². The lowest BCUT2D eigenvalue weighted by molar-refractivity contribution is -0.110. The fraction of sp³-hybridized carbons (Fsp3) is 0.500. The van der Waals surface area contributed by atoms with Crippen molar-refractivity contribution < 1.29 is 9.18 Å². The molecule has 0 atom stereocenters. The van der Waals surface area contributed by atoms with Crippen molar-refractivity contribution in [3.63, 3.8) is 0 Å². The maximum Gasteiger partial charge on any atom is 0.224 e. The number of anilines is 1. The number of halogens is 2. The Labute approximate surface area is 127 Å². The van der Waals surface area contributed by atoms with Crippen LogP contribution in [0.2, 0.25) is 5.28 Å². The van der Waals surface area contributed by atoms with Crippen LogP contribution in [0.25, 0.3) is 0 Å². The predicted octanol–water partition coefficient (Wildman–Crippen LogP) is 1.78. The third-order valence-corrected chi connectivity index (χ3v) is 3.40. The molecule has 0 saturated heterocycles. The fourth-order valence-corrected chi connectivity index (χ4v) is 2.14. The molecule has 1 aromatic rings. The lowest BCUT2D eigenvalue weighted by Crippen LogP contribution is -2.39. The van der Waals surface area contributed by atoms with Crippen LogP contribution < -0.4 is 10.6 Å². The van der Waals surface area contributed by atoms with E-state index in [-0.39, 0.29) is 23.9 Å². The summed E-state index contributed by atoms with van der Waals surface area (Å²) in [5.74, 6) is 6.94. The van der Waals surface area contributed by atoms with E-state index in [1.54, 1.807) is 6.20 Å². The zero-order valence-electron chi connectivity index (χ0n) is 11.4. The second-order valence-corrected chi connectivity index (χ2v) is 5.13. The molecule has 0 spiro atoms. The number of nitrogens with zero attached hydrogens (tertiary/aromatic N) is 2. The highest BCUT2D eigenvalue weighted by Crippen LogP contribution is 2.26. The van der Waals surface area contributed by atoms with Gasteiger partial charge in [0, 0.05) is 24.7 Å². The highest BCUT2D eigenvalue weighted by Gasteiger charge is 2.26. The van der Waals surface area contributed by atoms with E-state index in [9.17, 15) is 9.18 Å². The van der Waals surface area contributed by atoms with Gasteiger partial charge in [-0.1, -0.05) is 11.8 Å². The maximum absolute atomic E-state index is 12.1. The second-order valence-electron chi connectivity index (χ2n) is 4.79. The van der Waals surface area contributed by atoms with Crippen molar-refractivity contribution in [2.75, 3.05) is 18.5 Å². The summed E-state index contributed by atoms with van der Waals surface area (Å²) < 4.78 is 12.1. The van der Waals surface area contributed by atoms with Gasteiger partial charge in [0.05, 0.1) is 12.2 Å². The van der Waals surface area contributed by atoms with Crippen molar-refractivity contribution in [3.8, 4) is 11.8 Å². The van der Waals surface area contributed by atoms with Crippen molar-refractivity contribution >= 4 is 23.8 Å². The van der Waals surface area contributed by atoms with Gasteiger partial charge in [0.25, 0.3) is 0 Å². The Morgan fingerprint density at radius 2 is 2.33 bits per heavy atom. The van der Waals surface area contributed by atoms with Crippen molar-refractivity contribution in [3.05, 3.63) is 17.0 Å². The number of hydrogen-bond donors (Lipinski definition) is 2. The summed E-state index contributed by atoms with van der Waals surface area (Å²) in [7, 11) is 0. The van der Waals surface area contributed by atoms with E-state index in [0.29, 0.717) is 30.8 Å². The third kappa shape index (κ3) is 4.57. The molecule has 5 nitrogen and oxygen atoms in total. The normalized spacial score (nSPS) is 19.9. The molecule has 1 aliphatic carbocycles. The topological polar surface area (TPSA) is 66.9 Å². The van der Waals surface area contributed by atoms with Gasteiger partial charge in [0.15, 0.2) is 0 Å². The van der Waals surface area contributed by atoms with Gasteiger partial charge >= 0.3 is 0 Å². The summed E-state index contributed by atoms with van der Waals surface area (Å²) in [6, 6.07) is 0.227. The summed E-state index contributed by atoms with van der Waals surface area (Å²) >= 11 is 5.76. The summed E-state index contributed by atoms with van der Waals surface area (Å²) in [4.78, 5) is 18.3. The van der Waals surface area contributed by atoms with E-state index < -0.39 is 0 Å². The van der Waals surface area contributed by atoms with Crippen LogP contribution >= 0.6 is 11.6 Å². The van der Waals surface area contributed by atoms with E-state index in [1.165, 1.54) is 0 Å². The first kappa shape index (κ1) is 15.5. The molecule has 0 aromatic carbocycles. The molecule has 1 amide bonds. The Morgan fingerprint density at radius 1 is 1.52 bits per heavy atom. The zero-order valence-corrected chi connectivity index (χ0v) is 12.2. The quantitative estimate of drug-likeness (QED) is 0.364. The Hall–Kier alpha value is -1.87. The van der Waals surface area contributed by atoms with Crippen molar-refractivity contribution in [1.82, 2.24) is 15.3 Å². The first-order valence-electron chi connectivity index (χ1n) is 6.76. The van der Waals surface area contributed by atoms with E-state index >= 15 is 0 Å². The minimum atomic E-state index is -0.389. The number of carbonyl (C=O) groups excluding carboxylic acids is 1. The summed E-state index contributed by atoms with van der Waals surface area (Å²) in [6.45, 7) is 0.0767. The van der Waals surface area contributed by atoms with Gasteiger partial charge in [-0.3, -0.25) is 9.18 Å². The summed E-state index contributed by atoms with van der Waals surface area (Å²) in [5, 5.41) is 5.86. The fourth-order valence-electron chi connectivity index (χ4n) is 2.01. The SMILES string of the molecule is O=CNC1CC(C#Cc2cnc(Cl)nc2NCCCF)C1. The number of carbonyl (C=O) groups is 1. The predicted molar refractivity (Wildman–Crippen MR) is 78.7 cm³/mol. The molecule has 2 rings (SSSR count). The number of rotatable bonds is 6. The van der Waals surface area contributed by atoms with Gasteiger partial charge in [-0.25, -0.2) is 4.98 Å². The second kappa shape index (κ2) is 7.79. The molecule has 1 aliphatic rings. The zero-order chi connectivity index (χ0) is 15.1. The lowest BCUT2D eigenvalue weighted by Gasteiger charge is -2.30. The van der Waals surface area contributed by atoms with Gasteiger partial charge in [-0.2, -0.15) is 4.98 Å². The maximum atomic E-state index is 12.1. The van der Waals surface area contributed by atoms with Crippen LogP contribution in [-0.2, 0) is 4.79 Å². The van der Waals surface area contributed by atoms with Crippen LogP contribution in [0.5, 0.6) is 0 Å². The molecule has 1 heterocycles. The molecular weight excluding hydrogens is 295 g/mol. The van der Waals surface area contributed by atoms with Crippen LogP contribution in [0.15, 0.2) is 6.20 Å². The molecule has 1 saturated carbocycles. The third-order valence-electron chi connectivity index (χ3n) is 3.21. The van der Waals surface area contributed by atoms with E-state index in [1.807, 2.05) is 0 Å². The number of alkyl halides is 1. The Morgan fingerprint density at radius 3 is 3.05 bits per heavy atom. The van der Waals surface area contributed by atoms with Crippen molar-refractivity contribution in [1.29, 1.82) is 0 Å². The molecule has 112 valence electrons. The molecule has 1 fully saturated rings.